The van der Waals surface area contributed by atoms with Crippen LogP contribution in [0.25, 0.3) is 0 Å². The Bertz CT molecular complexity index is 1010. The summed E-state index contributed by atoms with van der Waals surface area (Å²) in [5.41, 5.74) is 0. The van der Waals surface area contributed by atoms with Crippen molar-refractivity contribution in [2.45, 2.75) is 42.9 Å². The number of hydrogen-bond acceptors (Lipinski definition) is 5. The van der Waals surface area contributed by atoms with Gasteiger partial charge in [0.2, 0.25) is 10.0 Å². The predicted molar refractivity (Wildman–Crippen MR) is 114 cm³/mol. The van der Waals surface area contributed by atoms with E-state index in [9.17, 15) is 21.6 Å². The number of sulfonamides is 1. The second-order valence-electron chi connectivity index (χ2n) is 8.35. The lowest BCUT2D eigenvalue weighted by Crippen LogP contribution is -2.43. The summed E-state index contributed by atoms with van der Waals surface area (Å²) in [5, 5.41) is 7.12. The van der Waals surface area contributed by atoms with E-state index in [0.717, 1.165) is 31.6 Å². The van der Waals surface area contributed by atoms with Gasteiger partial charge in [-0.3, -0.25) is 4.90 Å². The quantitative estimate of drug-likeness (QED) is 0.688. The summed E-state index contributed by atoms with van der Waals surface area (Å²) in [6.07, 6.45) is 0.0261. The van der Waals surface area contributed by atoms with Crippen LogP contribution < -0.4 is 0 Å². The third-order valence-electron chi connectivity index (χ3n) is 6.20. The lowest BCUT2D eigenvalue weighted by Gasteiger charge is -2.38. The molecular formula is C22H27F3N2O5S. The molecule has 1 saturated carbocycles. The number of furan rings is 1. The normalized spacial score (nSPS) is 23.6. The minimum atomic E-state index is -5.08. The van der Waals surface area contributed by atoms with Crippen molar-refractivity contribution in [2.75, 3.05) is 20.1 Å². The number of fused-ring (bicyclic) bond motifs is 1. The summed E-state index contributed by atoms with van der Waals surface area (Å²) in [6, 6.07) is 13.1. The largest absolute Gasteiger partial charge is 0.490 e. The fraction of sp³-hybridized carbons (Fsp3) is 0.500. The molecule has 1 N–H and O–H groups in total. The highest BCUT2D eigenvalue weighted by Gasteiger charge is 2.45. The zero-order valence-electron chi connectivity index (χ0n) is 18.1. The molecule has 1 saturated heterocycles. The van der Waals surface area contributed by atoms with Crippen molar-refractivity contribution >= 4 is 16.0 Å². The number of hydrogen-bond donors (Lipinski definition) is 1. The Labute approximate surface area is 190 Å². The van der Waals surface area contributed by atoms with Crippen LogP contribution in [0.3, 0.4) is 0 Å². The van der Waals surface area contributed by atoms with Crippen molar-refractivity contribution in [1.82, 2.24) is 9.21 Å². The molecule has 1 aromatic heterocycles. The van der Waals surface area contributed by atoms with Crippen molar-refractivity contribution in [3.05, 3.63) is 54.5 Å². The van der Waals surface area contributed by atoms with Gasteiger partial charge in [-0.05, 0) is 56.0 Å². The standard InChI is InChI=1S/C20H26N2O3S.C2HF3O2/c1-21(14-17-8-6-12-25-17)20-11-5-7-16-13-22(15-19(16)20)26(23,24)18-9-3-2-4-10-18;3-2(4,5)1(6)7/h2-4,6,8-10,12,16,19-20H,5,7,11,13-15H2,1H3;(H,6,7)/t16-,19+,20?;/m1./s1. The summed E-state index contributed by atoms with van der Waals surface area (Å²) >= 11 is 0. The zero-order chi connectivity index (χ0) is 24.2. The summed E-state index contributed by atoms with van der Waals surface area (Å²) < 4.78 is 64.9. The second-order valence-corrected chi connectivity index (χ2v) is 10.3. The average molecular weight is 489 g/mol. The van der Waals surface area contributed by atoms with E-state index in [4.69, 9.17) is 14.3 Å². The van der Waals surface area contributed by atoms with Crippen LogP contribution in [0.15, 0.2) is 58.0 Å². The van der Waals surface area contributed by atoms with Crippen LogP contribution in [-0.4, -0.2) is 61.1 Å². The highest BCUT2D eigenvalue weighted by Crippen LogP contribution is 2.40. The molecule has 7 nitrogen and oxygen atoms in total. The number of carboxylic acids is 1. The Kier molecular flexibility index (Phi) is 7.86. The van der Waals surface area contributed by atoms with E-state index >= 15 is 0 Å². The van der Waals surface area contributed by atoms with Gasteiger partial charge in [0.25, 0.3) is 0 Å². The topological polar surface area (TPSA) is 91.1 Å². The number of alkyl halides is 3. The fourth-order valence-corrected chi connectivity index (χ4v) is 6.21. The minimum Gasteiger partial charge on any atom is -0.475 e. The lowest BCUT2D eigenvalue weighted by molar-refractivity contribution is -0.192. The molecule has 4 rings (SSSR count). The monoisotopic (exact) mass is 488 g/mol. The molecule has 2 aliphatic rings. The van der Waals surface area contributed by atoms with Crippen molar-refractivity contribution in [2.24, 2.45) is 11.8 Å². The van der Waals surface area contributed by atoms with Crippen LogP contribution in [0.2, 0.25) is 0 Å². The first-order valence-corrected chi connectivity index (χ1v) is 12.0. The van der Waals surface area contributed by atoms with Gasteiger partial charge in [-0.25, -0.2) is 13.2 Å². The zero-order valence-corrected chi connectivity index (χ0v) is 18.9. The van der Waals surface area contributed by atoms with Crippen LogP contribution in [0.1, 0.15) is 25.0 Å². The Morgan fingerprint density at radius 1 is 1.15 bits per heavy atom. The molecule has 0 amide bonds. The van der Waals surface area contributed by atoms with E-state index in [1.807, 2.05) is 18.2 Å². The molecule has 2 fully saturated rings. The third kappa shape index (κ3) is 6.15. The Hall–Kier alpha value is -2.37. The molecule has 11 heteroatoms. The molecule has 1 aromatic carbocycles. The average Bonchev–Trinajstić information content (AvgIpc) is 3.43. The maximum absolute atomic E-state index is 13.0. The minimum absolute atomic E-state index is 0.391. The van der Waals surface area contributed by atoms with Gasteiger partial charge in [0, 0.05) is 19.1 Å². The molecule has 2 heterocycles. The van der Waals surface area contributed by atoms with Crippen molar-refractivity contribution in [3.63, 3.8) is 0 Å². The molecule has 2 aromatic rings. The van der Waals surface area contributed by atoms with Crippen LogP contribution in [0.4, 0.5) is 13.2 Å². The molecular weight excluding hydrogens is 461 g/mol. The van der Waals surface area contributed by atoms with E-state index in [1.165, 1.54) is 0 Å². The first-order valence-electron chi connectivity index (χ1n) is 10.6. The number of benzene rings is 1. The first kappa shape index (κ1) is 25.3. The molecule has 1 aliphatic carbocycles. The summed E-state index contributed by atoms with van der Waals surface area (Å²) in [5.74, 6) is -0.956. The lowest BCUT2D eigenvalue weighted by atomic mass is 9.77. The second kappa shape index (κ2) is 10.3. The Morgan fingerprint density at radius 2 is 1.82 bits per heavy atom. The van der Waals surface area contributed by atoms with Crippen LogP contribution in [0.5, 0.6) is 0 Å². The van der Waals surface area contributed by atoms with Gasteiger partial charge in [-0.1, -0.05) is 24.6 Å². The van der Waals surface area contributed by atoms with E-state index in [1.54, 1.807) is 34.8 Å². The molecule has 0 spiro atoms. The highest BCUT2D eigenvalue weighted by molar-refractivity contribution is 7.89. The first-order chi connectivity index (χ1) is 15.5. The van der Waals surface area contributed by atoms with Crippen LogP contribution >= 0.6 is 0 Å². The van der Waals surface area contributed by atoms with Crippen molar-refractivity contribution in [1.29, 1.82) is 0 Å². The van der Waals surface area contributed by atoms with Crippen molar-refractivity contribution in [3.8, 4) is 0 Å². The number of nitrogens with zero attached hydrogens (tertiary/aromatic N) is 2. The summed E-state index contributed by atoms with van der Waals surface area (Å²) in [6.45, 7) is 2.04. The van der Waals surface area contributed by atoms with E-state index in [-0.39, 0.29) is 0 Å². The Balaban J connectivity index is 0.000000383. The number of halogens is 3. The van der Waals surface area contributed by atoms with Gasteiger partial charge in [0.1, 0.15) is 5.76 Å². The van der Waals surface area contributed by atoms with Gasteiger partial charge in [-0.2, -0.15) is 17.5 Å². The SMILES string of the molecule is CN(Cc1ccco1)C1CCC[C@@H]2CN(S(=O)(=O)c3ccccc3)C[C@H]12.O=C(O)C(F)(F)F. The maximum Gasteiger partial charge on any atom is 0.490 e. The number of carbonyl (C=O) groups is 1. The van der Waals surface area contributed by atoms with E-state index < -0.39 is 22.2 Å². The molecule has 1 unspecified atom stereocenters. The van der Waals surface area contributed by atoms with Gasteiger partial charge in [0.15, 0.2) is 0 Å². The van der Waals surface area contributed by atoms with Crippen LogP contribution in [-0.2, 0) is 21.4 Å². The molecule has 3 atom stereocenters. The van der Waals surface area contributed by atoms with Gasteiger partial charge in [0.05, 0.1) is 17.7 Å². The van der Waals surface area contributed by atoms with Gasteiger partial charge in [-0.15, -0.1) is 0 Å². The van der Waals surface area contributed by atoms with Crippen molar-refractivity contribution < 1.29 is 35.9 Å². The predicted octanol–water partition coefficient (Wildman–Crippen LogP) is 3.83. The van der Waals surface area contributed by atoms with E-state index in [2.05, 4.69) is 11.9 Å². The number of rotatable bonds is 5. The fourth-order valence-electron chi connectivity index (χ4n) is 4.65. The molecule has 182 valence electrons. The summed E-state index contributed by atoms with van der Waals surface area (Å²) in [4.78, 5) is 11.6. The molecule has 0 bridgehead atoms. The maximum atomic E-state index is 13.0. The third-order valence-corrected chi connectivity index (χ3v) is 8.05. The Morgan fingerprint density at radius 3 is 2.39 bits per heavy atom. The van der Waals surface area contributed by atoms with Gasteiger partial charge < -0.3 is 9.52 Å². The molecule has 0 radical (unpaired) electrons. The smallest absolute Gasteiger partial charge is 0.475 e. The van der Waals surface area contributed by atoms with Gasteiger partial charge >= 0.3 is 12.1 Å². The molecule has 1 aliphatic heterocycles. The van der Waals surface area contributed by atoms with E-state index in [0.29, 0.717) is 35.9 Å². The van der Waals surface area contributed by atoms with Crippen LogP contribution in [0, 0.1) is 11.8 Å². The number of carboxylic acid groups (broad SMARTS) is 1. The highest BCUT2D eigenvalue weighted by atomic mass is 32.2. The molecule has 33 heavy (non-hydrogen) atoms. The summed E-state index contributed by atoms with van der Waals surface area (Å²) in [7, 11) is -1.27. The number of aliphatic carboxylic acids is 1.